The van der Waals surface area contributed by atoms with E-state index in [-0.39, 0.29) is 12.5 Å². The molecule has 9 heteroatoms. The second-order valence-corrected chi connectivity index (χ2v) is 5.40. The highest BCUT2D eigenvalue weighted by Gasteiger charge is 2.29. The summed E-state index contributed by atoms with van der Waals surface area (Å²) in [6.07, 6.45) is 0. The number of hydrogen-bond acceptors (Lipinski definition) is 4. The van der Waals surface area contributed by atoms with Crippen molar-refractivity contribution in [2.45, 2.75) is 25.9 Å². The minimum atomic E-state index is -2.93. The largest absolute Gasteiger partial charge is 0.368 e. The average molecular weight is 383 g/mol. The number of amides is 2. The van der Waals surface area contributed by atoms with Gasteiger partial charge in [0.05, 0.1) is 25.3 Å². The van der Waals surface area contributed by atoms with Crippen LogP contribution in [0.5, 0.6) is 0 Å². The second kappa shape index (κ2) is 5.02. The van der Waals surface area contributed by atoms with Crippen LogP contribution in [0, 0.1) is 3.70 Å². The molecule has 0 aliphatic carbocycles. The van der Waals surface area contributed by atoms with Crippen LogP contribution in [0.15, 0.2) is 0 Å². The van der Waals surface area contributed by atoms with E-state index in [2.05, 4.69) is 15.3 Å². The van der Waals surface area contributed by atoms with Crippen molar-refractivity contribution in [1.82, 2.24) is 20.2 Å². The molecule has 0 unspecified atom stereocenters. The van der Waals surface area contributed by atoms with E-state index in [9.17, 15) is 13.6 Å². The number of nitrogens with zero attached hydrogens (tertiary/aromatic N) is 3. The van der Waals surface area contributed by atoms with Crippen molar-refractivity contribution in [2.24, 2.45) is 0 Å². The summed E-state index contributed by atoms with van der Waals surface area (Å²) in [6.45, 7) is 0.610. The molecular formula is C10H12F2IN5O. The predicted molar refractivity (Wildman–Crippen MR) is 72.4 cm³/mol. The Morgan fingerprint density at radius 2 is 2.21 bits per heavy atom. The number of anilines is 1. The quantitative estimate of drug-likeness (QED) is 0.597. The van der Waals surface area contributed by atoms with E-state index in [1.54, 1.807) is 0 Å². The number of alkyl halides is 2. The second-order valence-electron chi connectivity index (χ2n) is 4.38. The highest BCUT2D eigenvalue weighted by Crippen LogP contribution is 2.25. The molecule has 1 aromatic heterocycles. The van der Waals surface area contributed by atoms with Gasteiger partial charge in [-0.1, -0.05) is 0 Å². The third-order valence-electron chi connectivity index (χ3n) is 2.59. The van der Waals surface area contributed by atoms with E-state index in [1.807, 2.05) is 22.6 Å². The molecule has 0 radical (unpaired) electrons. The van der Waals surface area contributed by atoms with Crippen LogP contribution in [0.3, 0.4) is 0 Å². The Balaban J connectivity index is 2.04. The molecule has 104 valence electrons. The fraction of sp³-hybridized carbons (Fsp3) is 0.500. The molecule has 6 nitrogen and oxygen atoms in total. The predicted octanol–water partition coefficient (Wildman–Crippen LogP) is 1.34. The maximum atomic E-state index is 12.7. The first kappa shape index (κ1) is 14.2. The summed E-state index contributed by atoms with van der Waals surface area (Å²) in [6, 6.07) is -0.547. The standard InChI is InChI=1S/C10H12F2IN5O/c1-10(11,12)4-15-9(19)18-2-5-6(3-18)16-8(14)17-7(5)13/h2-4H2,1H3,(H,15,19)(H2,14,16,17). The monoisotopic (exact) mass is 383 g/mol. The smallest absolute Gasteiger partial charge is 0.318 e. The Labute approximate surface area is 121 Å². The molecule has 2 heterocycles. The van der Waals surface area contributed by atoms with E-state index in [4.69, 9.17) is 5.73 Å². The maximum absolute atomic E-state index is 12.7. The number of nitrogen functional groups attached to an aromatic ring is 1. The third kappa shape index (κ3) is 3.39. The number of fused-ring (bicyclic) bond motifs is 1. The Morgan fingerprint density at radius 1 is 1.53 bits per heavy atom. The molecule has 0 bridgehead atoms. The molecule has 1 aliphatic heterocycles. The molecule has 3 N–H and O–H groups in total. The number of aromatic nitrogens is 2. The van der Waals surface area contributed by atoms with Gasteiger partial charge in [0, 0.05) is 12.5 Å². The normalized spacial score (nSPS) is 14.4. The Hall–Kier alpha value is -1.26. The lowest BCUT2D eigenvalue weighted by Crippen LogP contribution is -2.41. The topological polar surface area (TPSA) is 84.1 Å². The van der Waals surface area contributed by atoms with Gasteiger partial charge in [0.25, 0.3) is 5.92 Å². The number of hydrogen-bond donors (Lipinski definition) is 2. The lowest BCUT2D eigenvalue weighted by Gasteiger charge is -2.18. The van der Waals surface area contributed by atoms with Gasteiger partial charge in [-0.3, -0.25) is 0 Å². The number of nitrogens with two attached hydrogens (primary N) is 1. The summed E-state index contributed by atoms with van der Waals surface area (Å²) < 4.78 is 26.0. The van der Waals surface area contributed by atoms with Crippen molar-refractivity contribution in [2.75, 3.05) is 12.3 Å². The molecule has 1 aromatic rings. The maximum Gasteiger partial charge on any atom is 0.318 e. The van der Waals surface area contributed by atoms with Crippen LogP contribution >= 0.6 is 22.6 Å². The number of urea groups is 1. The number of carbonyl (C=O) groups excluding carboxylic acids is 1. The summed E-state index contributed by atoms with van der Waals surface area (Å²) in [5, 5.41) is 2.19. The van der Waals surface area contributed by atoms with Gasteiger partial charge in [-0.15, -0.1) is 0 Å². The van der Waals surface area contributed by atoms with Gasteiger partial charge in [-0.05, 0) is 22.6 Å². The van der Waals surface area contributed by atoms with Gasteiger partial charge >= 0.3 is 6.03 Å². The van der Waals surface area contributed by atoms with Crippen LogP contribution in [0.1, 0.15) is 18.2 Å². The molecular weight excluding hydrogens is 371 g/mol. The van der Waals surface area contributed by atoms with Gasteiger partial charge < -0.3 is 16.0 Å². The summed E-state index contributed by atoms with van der Waals surface area (Å²) >= 11 is 2.01. The van der Waals surface area contributed by atoms with Crippen LogP contribution in [0.2, 0.25) is 0 Å². The summed E-state index contributed by atoms with van der Waals surface area (Å²) in [5.41, 5.74) is 7.00. The fourth-order valence-corrected chi connectivity index (χ4v) is 2.45. The van der Waals surface area contributed by atoms with Crippen molar-refractivity contribution in [3.05, 3.63) is 15.0 Å². The van der Waals surface area contributed by atoms with Crippen LogP contribution in [0.25, 0.3) is 0 Å². The zero-order chi connectivity index (χ0) is 14.2. The highest BCUT2D eigenvalue weighted by molar-refractivity contribution is 14.1. The van der Waals surface area contributed by atoms with Crippen molar-refractivity contribution in [3.63, 3.8) is 0 Å². The minimum absolute atomic E-state index is 0.144. The lowest BCUT2D eigenvalue weighted by atomic mass is 10.3. The van der Waals surface area contributed by atoms with Gasteiger partial charge in [0.1, 0.15) is 3.70 Å². The van der Waals surface area contributed by atoms with E-state index >= 15 is 0 Å². The van der Waals surface area contributed by atoms with Gasteiger partial charge in [-0.25, -0.2) is 23.5 Å². The van der Waals surface area contributed by atoms with E-state index in [1.165, 1.54) is 4.90 Å². The van der Waals surface area contributed by atoms with E-state index in [0.717, 1.165) is 12.5 Å². The van der Waals surface area contributed by atoms with Crippen molar-refractivity contribution in [3.8, 4) is 0 Å². The first-order valence-corrected chi connectivity index (χ1v) is 6.55. The van der Waals surface area contributed by atoms with Crippen molar-refractivity contribution < 1.29 is 13.6 Å². The first-order valence-electron chi connectivity index (χ1n) is 5.47. The Kier molecular flexibility index (Phi) is 3.74. The zero-order valence-electron chi connectivity index (χ0n) is 10.1. The number of carbonyl (C=O) groups is 1. The molecule has 0 saturated heterocycles. The SMILES string of the molecule is CC(F)(F)CNC(=O)N1Cc2nc(N)nc(I)c2C1. The molecule has 0 atom stereocenters. The molecule has 1 aliphatic rings. The molecule has 2 rings (SSSR count). The molecule has 2 amide bonds. The molecule has 0 spiro atoms. The van der Waals surface area contributed by atoms with E-state index in [0.29, 0.717) is 15.9 Å². The highest BCUT2D eigenvalue weighted by atomic mass is 127. The number of halogens is 3. The Bertz CT molecular complexity index is 519. The van der Waals surface area contributed by atoms with E-state index < -0.39 is 18.5 Å². The number of nitrogens with one attached hydrogen (secondary N) is 1. The molecule has 0 saturated carbocycles. The minimum Gasteiger partial charge on any atom is -0.368 e. The van der Waals surface area contributed by atoms with Gasteiger partial charge in [0.15, 0.2) is 0 Å². The molecule has 19 heavy (non-hydrogen) atoms. The summed E-state index contributed by atoms with van der Waals surface area (Å²) in [5.74, 6) is -2.79. The van der Waals surface area contributed by atoms with Crippen molar-refractivity contribution in [1.29, 1.82) is 0 Å². The summed E-state index contributed by atoms with van der Waals surface area (Å²) in [4.78, 5) is 21.2. The summed E-state index contributed by atoms with van der Waals surface area (Å²) in [7, 11) is 0. The van der Waals surface area contributed by atoms with Crippen LogP contribution in [-0.4, -0.2) is 33.4 Å². The first-order chi connectivity index (χ1) is 8.76. The molecule has 0 aromatic carbocycles. The third-order valence-corrected chi connectivity index (χ3v) is 3.48. The number of rotatable bonds is 2. The lowest BCUT2D eigenvalue weighted by molar-refractivity contribution is 0.0239. The zero-order valence-corrected chi connectivity index (χ0v) is 12.2. The van der Waals surface area contributed by atoms with Crippen LogP contribution in [-0.2, 0) is 13.1 Å². The van der Waals surface area contributed by atoms with Crippen LogP contribution in [0.4, 0.5) is 19.5 Å². The van der Waals surface area contributed by atoms with Gasteiger partial charge in [0.2, 0.25) is 5.95 Å². The average Bonchev–Trinajstić information content (AvgIpc) is 2.68. The van der Waals surface area contributed by atoms with Gasteiger partial charge in [-0.2, -0.15) is 0 Å². The van der Waals surface area contributed by atoms with Crippen molar-refractivity contribution >= 4 is 34.6 Å². The van der Waals surface area contributed by atoms with Crippen LogP contribution < -0.4 is 11.1 Å². The Morgan fingerprint density at radius 3 is 2.84 bits per heavy atom. The fourth-order valence-electron chi connectivity index (χ4n) is 1.72. The molecule has 0 fully saturated rings.